The number of halogens is 1. The number of benzene rings is 1. The van der Waals surface area contributed by atoms with Gasteiger partial charge in [-0.05, 0) is 30.0 Å². The molecule has 5 nitrogen and oxygen atoms in total. The van der Waals surface area contributed by atoms with Crippen molar-refractivity contribution in [3.63, 3.8) is 0 Å². The smallest absolute Gasteiger partial charge is 0.337 e. The van der Waals surface area contributed by atoms with Crippen molar-refractivity contribution in [3.8, 4) is 0 Å². The van der Waals surface area contributed by atoms with Crippen LogP contribution >= 0.6 is 11.6 Å². The van der Waals surface area contributed by atoms with E-state index in [0.29, 0.717) is 12.2 Å². The van der Waals surface area contributed by atoms with Crippen LogP contribution in [0.4, 0.5) is 10.5 Å². The lowest BCUT2D eigenvalue weighted by molar-refractivity contribution is 0.0697. The fourth-order valence-corrected chi connectivity index (χ4v) is 1.65. The first-order valence-corrected chi connectivity index (χ1v) is 6.70. The highest BCUT2D eigenvalue weighted by atomic mass is 35.5. The zero-order valence-electron chi connectivity index (χ0n) is 11.8. The van der Waals surface area contributed by atoms with E-state index in [-0.39, 0.29) is 22.0 Å². The van der Waals surface area contributed by atoms with Crippen molar-refractivity contribution >= 4 is 29.3 Å². The maximum atomic E-state index is 11.7. The van der Waals surface area contributed by atoms with E-state index in [4.69, 9.17) is 16.7 Å². The highest BCUT2D eigenvalue weighted by molar-refractivity contribution is 6.33. The number of hydrogen-bond acceptors (Lipinski definition) is 2. The molecule has 1 rings (SSSR count). The Morgan fingerprint density at radius 2 is 2.00 bits per heavy atom. The van der Waals surface area contributed by atoms with Gasteiger partial charge in [-0.25, -0.2) is 9.59 Å². The predicted octanol–water partition coefficient (Wildman–Crippen LogP) is 3.60. The molecular weight excluding hydrogens is 280 g/mol. The Balaban J connectivity index is 2.63. The van der Waals surface area contributed by atoms with Crippen LogP contribution < -0.4 is 10.6 Å². The number of rotatable bonds is 5. The van der Waals surface area contributed by atoms with Gasteiger partial charge in [-0.3, -0.25) is 0 Å². The van der Waals surface area contributed by atoms with Crippen molar-refractivity contribution in [1.29, 1.82) is 0 Å². The summed E-state index contributed by atoms with van der Waals surface area (Å²) in [7, 11) is 0. The normalized spacial score (nSPS) is 11.0. The lowest BCUT2D eigenvalue weighted by Gasteiger charge is -2.22. The average Bonchev–Trinajstić information content (AvgIpc) is 2.36. The van der Waals surface area contributed by atoms with E-state index in [2.05, 4.69) is 31.4 Å². The van der Waals surface area contributed by atoms with Gasteiger partial charge in [-0.15, -0.1) is 0 Å². The SMILES string of the molecule is CCC(C)(C)CNC(=O)Nc1ccc(C(=O)O)c(Cl)c1. The van der Waals surface area contributed by atoms with E-state index in [1.807, 2.05) is 0 Å². The first kappa shape index (κ1) is 16.3. The van der Waals surface area contributed by atoms with Gasteiger partial charge in [-0.2, -0.15) is 0 Å². The van der Waals surface area contributed by atoms with Crippen LogP contribution in [0.2, 0.25) is 5.02 Å². The third-order valence-corrected chi connectivity index (χ3v) is 3.45. The lowest BCUT2D eigenvalue weighted by atomic mass is 9.90. The van der Waals surface area contributed by atoms with Crippen LogP contribution in [0.1, 0.15) is 37.6 Å². The molecule has 0 aliphatic rings. The molecule has 3 N–H and O–H groups in total. The summed E-state index contributed by atoms with van der Waals surface area (Å²) in [6.45, 7) is 6.73. The van der Waals surface area contributed by atoms with Crippen LogP contribution in [0.3, 0.4) is 0 Å². The van der Waals surface area contributed by atoms with Gasteiger partial charge in [-0.1, -0.05) is 32.4 Å². The first-order valence-electron chi connectivity index (χ1n) is 6.33. The second-order valence-electron chi connectivity index (χ2n) is 5.33. The van der Waals surface area contributed by atoms with E-state index >= 15 is 0 Å². The molecule has 0 saturated carbocycles. The Hall–Kier alpha value is -1.75. The molecule has 20 heavy (non-hydrogen) atoms. The number of carbonyl (C=O) groups is 2. The molecule has 0 aromatic heterocycles. The van der Waals surface area contributed by atoms with Crippen LogP contribution in [-0.2, 0) is 0 Å². The van der Waals surface area contributed by atoms with Crippen LogP contribution in [0.25, 0.3) is 0 Å². The standard InChI is InChI=1S/C14H19ClN2O3/c1-4-14(2,3)8-16-13(20)17-9-5-6-10(12(18)19)11(15)7-9/h5-7H,4,8H2,1-3H3,(H,18,19)(H2,16,17,20). The number of urea groups is 1. The van der Waals surface area contributed by atoms with E-state index in [0.717, 1.165) is 6.42 Å². The third-order valence-electron chi connectivity index (χ3n) is 3.14. The van der Waals surface area contributed by atoms with Gasteiger partial charge < -0.3 is 15.7 Å². The van der Waals surface area contributed by atoms with Crippen LogP contribution in [0.15, 0.2) is 18.2 Å². The summed E-state index contributed by atoms with van der Waals surface area (Å²) in [5.74, 6) is -1.10. The van der Waals surface area contributed by atoms with Crippen molar-refractivity contribution in [2.24, 2.45) is 5.41 Å². The predicted molar refractivity (Wildman–Crippen MR) is 79.5 cm³/mol. The summed E-state index contributed by atoms with van der Waals surface area (Å²) in [6.07, 6.45) is 0.951. The van der Waals surface area contributed by atoms with Gasteiger partial charge in [0.2, 0.25) is 0 Å². The highest BCUT2D eigenvalue weighted by Gasteiger charge is 2.16. The minimum absolute atomic E-state index is 0.00439. The van der Waals surface area contributed by atoms with Gasteiger partial charge in [0.15, 0.2) is 0 Å². The fraction of sp³-hybridized carbons (Fsp3) is 0.429. The first-order chi connectivity index (χ1) is 9.25. The summed E-state index contributed by atoms with van der Waals surface area (Å²) in [4.78, 5) is 22.5. The highest BCUT2D eigenvalue weighted by Crippen LogP contribution is 2.21. The average molecular weight is 299 g/mol. The van der Waals surface area contributed by atoms with Crippen molar-refractivity contribution in [2.45, 2.75) is 27.2 Å². The van der Waals surface area contributed by atoms with Crippen molar-refractivity contribution in [2.75, 3.05) is 11.9 Å². The van der Waals surface area contributed by atoms with E-state index in [9.17, 15) is 9.59 Å². The van der Waals surface area contributed by atoms with Crippen molar-refractivity contribution < 1.29 is 14.7 Å². The Morgan fingerprint density at radius 3 is 2.50 bits per heavy atom. The Bertz CT molecular complexity index is 515. The number of amides is 2. The minimum atomic E-state index is -1.10. The van der Waals surface area contributed by atoms with Gasteiger partial charge in [0, 0.05) is 12.2 Å². The van der Waals surface area contributed by atoms with Gasteiger partial charge >= 0.3 is 12.0 Å². The summed E-state index contributed by atoms with van der Waals surface area (Å²) in [5.41, 5.74) is 0.485. The number of nitrogens with one attached hydrogen (secondary N) is 2. The Kier molecular flexibility index (Phi) is 5.39. The quantitative estimate of drug-likeness (QED) is 0.777. The van der Waals surface area contributed by atoms with Crippen molar-refractivity contribution in [3.05, 3.63) is 28.8 Å². The van der Waals surface area contributed by atoms with Gasteiger partial charge in [0.25, 0.3) is 0 Å². The molecule has 0 radical (unpaired) electrons. The molecule has 0 heterocycles. The van der Waals surface area contributed by atoms with E-state index < -0.39 is 5.97 Å². The molecule has 2 amide bonds. The third kappa shape index (κ3) is 4.74. The molecular formula is C14H19ClN2O3. The largest absolute Gasteiger partial charge is 0.478 e. The molecule has 0 bridgehead atoms. The van der Waals surface area contributed by atoms with Crippen LogP contribution in [0, 0.1) is 5.41 Å². The van der Waals surface area contributed by atoms with E-state index in [1.54, 1.807) is 0 Å². The Morgan fingerprint density at radius 1 is 1.35 bits per heavy atom. The van der Waals surface area contributed by atoms with Crippen LogP contribution in [0.5, 0.6) is 0 Å². The molecule has 0 fully saturated rings. The topological polar surface area (TPSA) is 78.4 Å². The molecule has 0 atom stereocenters. The number of carbonyl (C=O) groups excluding carboxylic acids is 1. The lowest BCUT2D eigenvalue weighted by Crippen LogP contribution is -2.36. The monoisotopic (exact) mass is 298 g/mol. The van der Waals surface area contributed by atoms with Crippen molar-refractivity contribution in [1.82, 2.24) is 5.32 Å². The number of hydrogen-bond donors (Lipinski definition) is 3. The summed E-state index contributed by atoms with van der Waals surface area (Å²) >= 11 is 5.83. The molecule has 0 unspecified atom stereocenters. The summed E-state index contributed by atoms with van der Waals surface area (Å²) in [6, 6.07) is 3.93. The molecule has 0 aliphatic carbocycles. The fourth-order valence-electron chi connectivity index (χ4n) is 1.39. The van der Waals surface area contributed by atoms with Gasteiger partial charge in [0.1, 0.15) is 0 Å². The minimum Gasteiger partial charge on any atom is -0.478 e. The molecule has 6 heteroatoms. The zero-order chi connectivity index (χ0) is 15.3. The maximum Gasteiger partial charge on any atom is 0.337 e. The molecule has 0 saturated heterocycles. The maximum absolute atomic E-state index is 11.7. The summed E-state index contributed by atoms with van der Waals surface area (Å²) in [5, 5.41) is 14.3. The number of carboxylic acid groups (broad SMARTS) is 1. The molecule has 0 aliphatic heterocycles. The second kappa shape index (κ2) is 6.61. The summed E-state index contributed by atoms with van der Waals surface area (Å²) < 4.78 is 0. The number of aromatic carboxylic acids is 1. The molecule has 0 spiro atoms. The van der Waals surface area contributed by atoms with E-state index in [1.165, 1.54) is 18.2 Å². The van der Waals surface area contributed by atoms with Gasteiger partial charge in [0.05, 0.1) is 10.6 Å². The van der Waals surface area contributed by atoms with Crippen LogP contribution in [-0.4, -0.2) is 23.7 Å². The molecule has 1 aromatic rings. The number of anilines is 1. The zero-order valence-corrected chi connectivity index (χ0v) is 12.5. The second-order valence-corrected chi connectivity index (χ2v) is 5.73. The molecule has 110 valence electrons. The number of carboxylic acids is 1. The molecule has 1 aromatic carbocycles. The Labute approximate surface area is 123 Å².